The average molecular weight is 377 g/mol. The molecule has 0 radical (unpaired) electrons. The molecule has 0 amide bonds. The minimum absolute atomic E-state index is 0.363. The Hall–Kier alpha value is -1.85. The first-order chi connectivity index (χ1) is 12.9. The first kappa shape index (κ1) is 19.9. The van der Waals surface area contributed by atoms with Gasteiger partial charge in [-0.3, -0.25) is 4.90 Å². The third-order valence-electron chi connectivity index (χ3n) is 5.26. The molecule has 2 unspecified atom stereocenters. The van der Waals surface area contributed by atoms with Gasteiger partial charge in [-0.25, -0.2) is 0 Å². The molecule has 0 aliphatic carbocycles. The molecule has 2 aromatic rings. The second-order valence-electron chi connectivity index (χ2n) is 7.26. The van der Waals surface area contributed by atoms with Crippen LogP contribution < -0.4 is 0 Å². The molecule has 146 valence electrons. The lowest BCUT2D eigenvalue weighted by Gasteiger charge is -2.39. The fourth-order valence-corrected chi connectivity index (χ4v) is 3.92. The van der Waals surface area contributed by atoms with E-state index in [1.807, 2.05) is 18.2 Å². The first-order valence-corrected chi connectivity index (χ1v) is 9.58. The summed E-state index contributed by atoms with van der Waals surface area (Å²) in [5.74, 6) is 0. The molecule has 1 N–H and O–H groups in total. The molecule has 2 aromatic carbocycles. The van der Waals surface area contributed by atoms with Crippen molar-refractivity contribution in [3.05, 3.63) is 71.3 Å². The molecule has 1 aliphatic heterocycles. The Kier molecular flexibility index (Phi) is 6.55. The molecule has 0 bridgehead atoms. The van der Waals surface area contributed by atoms with Gasteiger partial charge in [0.15, 0.2) is 0 Å². The number of nitrogens with zero attached hydrogens (tertiary/aromatic N) is 1. The van der Waals surface area contributed by atoms with Gasteiger partial charge in [-0.2, -0.15) is 13.2 Å². The number of benzene rings is 2. The van der Waals surface area contributed by atoms with Crippen molar-refractivity contribution in [3.63, 3.8) is 0 Å². The first-order valence-electron chi connectivity index (χ1n) is 9.58. The number of aliphatic hydroxyl groups excluding tert-OH is 1. The smallest absolute Gasteiger partial charge is 0.391 e. The number of hydrogen-bond donors (Lipinski definition) is 1. The molecule has 0 saturated carbocycles. The van der Waals surface area contributed by atoms with Gasteiger partial charge in [0.1, 0.15) is 0 Å². The molecular formula is C22H26F3NO. The van der Waals surface area contributed by atoms with Crippen molar-refractivity contribution in [2.45, 2.75) is 50.4 Å². The normalized spacial score (nSPS) is 21.3. The van der Waals surface area contributed by atoms with Crippen molar-refractivity contribution in [3.8, 4) is 0 Å². The second-order valence-corrected chi connectivity index (χ2v) is 7.26. The standard InChI is InChI=1S/C22H26F3NO/c23-22(24,25)19-12-6-11-18(16-19)21-20(27)13-7-15-26(21)14-5-4-10-17-8-2-1-3-9-17/h1-3,6,8-9,11-12,16,20-21,27H,4-5,7,10,13-15H2. The minimum Gasteiger partial charge on any atom is -0.391 e. The second kappa shape index (κ2) is 8.89. The summed E-state index contributed by atoms with van der Waals surface area (Å²) in [6.07, 6.45) is -0.530. The number of piperidine rings is 1. The monoisotopic (exact) mass is 377 g/mol. The molecule has 0 spiro atoms. The molecule has 1 fully saturated rings. The average Bonchev–Trinajstić information content (AvgIpc) is 2.65. The third kappa shape index (κ3) is 5.33. The zero-order valence-electron chi connectivity index (χ0n) is 15.3. The van der Waals surface area contributed by atoms with E-state index in [0.29, 0.717) is 12.0 Å². The number of unbranched alkanes of at least 4 members (excludes halogenated alkanes) is 1. The van der Waals surface area contributed by atoms with Crippen LogP contribution in [0.2, 0.25) is 0 Å². The summed E-state index contributed by atoms with van der Waals surface area (Å²) in [7, 11) is 0. The van der Waals surface area contributed by atoms with Crippen LogP contribution in [0, 0.1) is 0 Å². The van der Waals surface area contributed by atoms with Crippen LogP contribution in [0.25, 0.3) is 0 Å². The van der Waals surface area contributed by atoms with Crippen LogP contribution >= 0.6 is 0 Å². The maximum absolute atomic E-state index is 13.1. The van der Waals surface area contributed by atoms with Crippen molar-refractivity contribution < 1.29 is 18.3 Å². The molecule has 3 rings (SSSR count). The molecule has 1 aliphatic rings. The van der Waals surface area contributed by atoms with Crippen molar-refractivity contribution in [1.29, 1.82) is 0 Å². The largest absolute Gasteiger partial charge is 0.416 e. The fourth-order valence-electron chi connectivity index (χ4n) is 3.92. The summed E-state index contributed by atoms with van der Waals surface area (Å²) in [5.41, 5.74) is 1.20. The van der Waals surface area contributed by atoms with Crippen LogP contribution in [0.5, 0.6) is 0 Å². The Morgan fingerprint density at radius 2 is 1.78 bits per heavy atom. The van der Waals surface area contributed by atoms with E-state index < -0.39 is 17.8 Å². The van der Waals surface area contributed by atoms with E-state index in [9.17, 15) is 18.3 Å². The molecule has 2 atom stereocenters. The predicted molar refractivity (Wildman–Crippen MR) is 100 cm³/mol. The zero-order chi connectivity index (χ0) is 19.3. The SMILES string of the molecule is OC1CCCN(CCCCc2ccccc2)C1c1cccc(C(F)(F)F)c1. The fraction of sp³-hybridized carbons (Fsp3) is 0.455. The van der Waals surface area contributed by atoms with E-state index in [1.165, 1.54) is 17.7 Å². The Balaban J connectivity index is 1.65. The molecule has 1 saturated heterocycles. The topological polar surface area (TPSA) is 23.5 Å². The highest BCUT2D eigenvalue weighted by Crippen LogP contribution is 2.35. The number of halogens is 3. The van der Waals surface area contributed by atoms with Crippen LogP contribution in [-0.2, 0) is 12.6 Å². The van der Waals surface area contributed by atoms with Crippen molar-refractivity contribution in [2.75, 3.05) is 13.1 Å². The highest BCUT2D eigenvalue weighted by atomic mass is 19.4. The summed E-state index contributed by atoms with van der Waals surface area (Å²) >= 11 is 0. The predicted octanol–water partition coefficient (Wildman–Crippen LogP) is 5.23. The van der Waals surface area contributed by atoms with Crippen molar-refractivity contribution in [2.24, 2.45) is 0 Å². The number of rotatable bonds is 6. The quantitative estimate of drug-likeness (QED) is 0.697. The number of hydrogen-bond acceptors (Lipinski definition) is 2. The lowest BCUT2D eigenvalue weighted by molar-refractivity contribution is -0.137. The Labute approximate surface area is 158 Å². The van der Waals surface area contributed by atoms with E-state index in [4.69, 9.17) is 0 Å². The van der Waals surface area contributed by atoms with Crippen LogP contribution in [0.3, 0.4) is 0 Å². The van der Waals surface area contributed by atoms with Gasteiger partial charge < -0.3 is 5.11 Å². The number of aryl methyl sites for hydroxylation is 1. The summed E-state index contributed by atoms with van der Waals surface area (Å²) in [5, 5.41) is 10.5. The van der Waals surface area contributed by atoms with Crippen molar-refractivity contribution >= 4 is 0 Å². The lowest BCUT2D eigenvalue weighted by Crippen LogP contribution is -2.42. The van der Waals surface area contributed by atoms with E-state index >= 15 is 0 Å². The minimum atomic E-state index is -4.36. The number of alkyl halides is 3. The summed E-state index contributed by atoms with van der Waals surface area (Å²) in [6.45, 7) is 1.59. The van der Waals surface area contributed by atoms with E-state index in [2.05, 4.69) is 17.0 Å². The molecule has 27 heavy (non-hydrogen) atoms. The molecule has 1 heterocycles. The van der Waals surface area contributed by atoms with Gasteiger partial charge in [-0.15, -0.1) is 0 Å². The van der Waals surface area contributed by atoms with Gasteiger partial charge in [-0.1, -0.05) is 42.5 Å². The molecule has 0 aromatic heterocycles. The number of aliphatic hydroxyl groups is 1. The van der Waals surface area contributed by atoms with Crippen LogP contribution in [0.1, 0.15) is 48.4 Å². The summed E-state index contributed by atoms with van der Waals surface area (Å²) < 4.78 is 39.2. The highest BCUT2D eigenvalue weighted by Gasteiger charge is 2.34. The summed E-state index contributed by atoms with van der Waals surface area (Å²) in [4.78, 5) is 2.15. The van der Waals surface area contributed by atoms with Gasteiger partial charge in [0.05, 0.1) is 17.7 Å². The lowest BCUT2D eigenvalue weighted by atomic mass is 9.91. The molecule has 5 heteroatoms. The Morgan fingerprint density at radius 1 is 1.00 bits per heavy atom. The van der Waals surface area contributed by atoms with Gasteiger partial charge in [0.25, 0.3) is 0 Å². The van der Waals surface area contributed by atoms with Gasteiger partial charge in [0.2, 0.25) is 0 Å². The van der Waals surface area contributed by atoms with E-state index in [0.717, 1.165) is 44.8 Å². The zero-order valence-corrected chi connectivity index (χ0v) is 15.3. The Morgan fingerprint density at radius 3 is 2.52 bits per heavy atom. The van der Waals surface area contributed by atoms with Crippen LogP contribution in [0.15, 0.2) is 54.6 Å². The van der Waals surface area contributed by atoms with E-state index in [-0.39, 0.29) is 6.04 Å². The summed E-state index contributed by atoms with van der Waals surface area (Å²) in [6, 6.07) is 15.3. The maximum Gasteiger partial charge on any atom is 0.416 e. The van der Waals surface area contributed by atoms with E-state index in [1.54, 1.807) is 6.07 Å². The maximum atomic E-state index is 13.1. The molecule has 2 nitrogen and oxygen atoms in total. The van der Waals surface area contributed by atoms with Gasteiger partial charge in [0, 0.05) is 0 Å². The van der Waals surface area contributed by atoms with Gasteiger partial charge in [-0.05, 0) is 68.5 Å². The number of likely N-dealkylation sites (tertiary alicyclic amines) is 1. The van der Waals surface area contributed by atoms with Crippen LogP contribution in [0.4, 0.5) is 13.2 Å². The Bertz CT molecular complexity index is 717. The highest BCUT2D eigenvalue weighted by molar-refractivity contribution is 5.29. The third-order valence-corrected chi connectivity index (χ3v) is 5.26. The van der Waals surface area contributed by atoms with Crippen LogP contribution in [-0.4, -0.2) is 29.2 Å². The van der Waals surface area contributed by atoms with Gasteiger partial charge >= 0.3 is 6.18 Å². The molecular weight excluding hydrogens is 351 g/mol. The van der Waals surface area contributed by atoms with Crippen molar-refractivity contribution in [1.82, 2.24) is 4.90 Å².